The van der Waals surface area contributed by atoms with Gasteiger partial charge in [-0.25, -0.2) is 4.98 Å². The molecule has 0 saturated carbocycles. The molecule has 0 radical (unpaired) electrons. The molecule has 1 unspecified atom stereocenters. The molecule has 130 valence electrons. The summed E-state index contributed by atoms with van der Waals surface area (Å²) in [5.41, 5.74) is 0.310. The van der Waals surface area contributed by atoms with Crippen LogP contribution in [-0.2, 0) is 9.59 Å². The zero-order valence-corrected chi connectivity index (χ0v) is 13.8. The van der Waals surface area contributed by atoms with Crippen molar-refractivity contribution in [2.75, 3.05) is 18.0 Å². The lowest BCUT2D eigenvalue weighted by atomic mass is 10.1. The Labute approximate surface area is 141 Å². The molecule has 7 nitrogen and oxygen atoms in total. The maximum Gasteiger partial charge on any atom is 0.305 e. The molecular formula is C17H23N3O4. The first-order valence-corrected chi connectivity index (χ1v) is 8.21. The molecule has 24 heavy (non-hydrogen) atoms. The first-order chi connectivity index (χ1) is 11.5. The Morgan fingerprint density at radius 3 is 2.38 bits per heavy atom. The maximum atomic E-state index is 12.2. The number of carbonyl (C=O) groups is 3. The Morgan fingerprint density at radius 1 is 1.21 bits per heavy atom. The van der Waals surface area contributed by atoms with E-state index in [2.05, 4.69) is 15.2 Å². The number of carboxylic acids is 1. The monoisotopic (exact) mass is 333 g/mol. The molecule has 7 heteroatoms. The smallest absolute Gasteiger partial charge is 0.305 e. The number of anilines is 1. The van der Waals surface area contributed by atoms with Gasteiger partial charge in [0.05, 0.1) is 18.0 Å². The van der Waals surface area contributed by atoms with Crippen LogP contribution in [0.25, 0.3) is 0 Å². The second-order valence-electron chi connectivity index (χ2n) is 6.04. The molecule has 2 heterocycles. The molecule has 1 aliphatic heterocycles. The molecule has 1 aromatic rings. The molecule has 2 rings (SSSR count). The van der Waals surface area contributed by atoms with Crippen molar-refractivity contribution in [3.8, 4) is 0 Å². The fraction of sp³-hybridized carbons (Fsp3) is 0.529. The fourth-order valence-corrected chi connectivity index (χ4v) is 2.72. The van der Waals surface area contributed by atoms with Gasteiger partial charge in [0.2, 0.25) is 0 Å². The Bertz CT molecular complexity index is 592. The number of carboxylic acid groups (broad SMARTS) is 1. The minimum absolute atomic E-state index is 0.310. The predicted molar refractivity (Wildman–Crippen MR) is 89.1 cm³/mol. The molecule has 0 spiro atoms. The van der Waals surface area contributed by atoms with E-state index in [1.165, 1.54) is 26.0 Å². The zero-order chi connectivity index (χ0) is 17.5. The molecule has 0 aliphatic carbocycles. The Balaban J connectivity index is 2.02. The van der Waals surface area contributed by atoms with Crippen LogP contribution in [0.15, 0.2) is 18.3 Å². The molecule has 1 fully saturated rings. The number of nitrogens with one attached hydrogen (secondary N) is 1. The standard InChI is InChI=1S/C17H23N3O4/c1-12(21)14(10-16(22)23)19-17(24)13-6-7-15(18-11-13)20-8-4-2-3-5-9-20/h6-7,11,14H,2-5,8-10H2,1H3,(H,19,24)(H,22,23). The van der Waals surface area contributed by atoms with Crippen LogP contribution in [0.3, 0.4) is 0 Å². The Hall–Kier alpha value is -2.44. The zero-order valence-electron chi connectivity index (χ0n) is 13.8. The van der Waals surface area contributed by atoms with Crippen LogP contribution in [0.5, 0.6) is 0 Å². The number of hydrogen-bond acceptors (Lipinski definition) is 5. The number of carbonyl (C=O) groups excluding carboxylic acids is 2. The summed E-state index contributed by atoms with van der Waals surface area (Å²) in [7, 11) is 0. The molecule has 1 amide bonds. The van der Waals surface area contributed by atoms with Crippen LogP contribution in [0.1, 0.15) is 49.4 Å². The molecule has 0 bridgehead atoms. The summed E-state index contributed by atoms with van der Waals surface area (Å²) in [5.74, 6) is -1.18. The largest absolute Gasteiger partial charge is 0.481 e. The number of aromatic nitrogens is 1. The number of amides is 1. The lowest BCUT2D eigenvalue weighted by Crippen LogP contribution is -2.41. The number of nitrogens with zero attached hydrogens (tertiary/aromatic N) is 2. The van der Waals surface area contributed by atoms with E-state index in [9.17, 15) is 14.4 Å². The highest BCUT2D eigenvalue weighted by Gasteiger charge is 2.21. The van der Waals surface area contributed by atoms with Gasteiger partial charge in [-0.3, -0.25) is 14.4 Å². The van der Waals surface area contributed by atoms with Crippen LogP contribution in [-0.4, -0.2) is 46.9 Å². The highest BCUT2D eigenvalue weighted by Crippen LogP contribution is 2.17. The van der Waals surface area contributed by atoms with Gasteiger partial charge >= 0.3 is 5.97 Å². The van der Waals surface area contributed by atoms with Gasteiger partial charge < -0.3 is 15.3 Å². The van der Waals surface area contributed by atoms with Crippen molar-refractivity contribution >= 4 is 23.5 Å². The SMILES string of the molecule is CC(=O)C(CC(=O)O)NC(=O)c1ccc(N2CCCCCC2)nc1. The van der Waals surface area contributed by atoms with Crippen molar-refractivity contribution in [3.63, 3.8) is 0 Å². The van der Waals surface area contributed by atoms with E-state index in [0.29, 0.717) is 5.56 Å². The summed E-state index contributed by atoms with van der Waals surface area (Å²) in [6.07, 6.45) is 5.77. The van der Waals surface area contributed by atoms with Crippen LogP contribution in [0.4, 0.5) is 5.82 Å². The molecule has 0 aromatic carbocycles. The third-order valence-electron chi connectivity index (χ3n) is 4.11. The molecule has 1 aromatic heterocycles. The summed E-state index contributed by atoms with van der Waals surface area (Å²) in [4.78, 5) is 40.9. The van der Waals surface area contributed by atoms with Gasteiger partial charge in [0, 0.05) is 19.3 Å². The molecule has 1 atom stereocenters. The number of Topliss-reactive ketones (excluding diaryl/α,β-unsaturated/α-hetero) is 1. The first-order valence-electron chi connectivity index (χ1n) is 8.21. The molecule has 1 saturated heterocycles. The average molecular weight is 333 g/mol. The van der Waals surface area contributed by atoms with Crippen molar-refractivity contribution in [1.29, 1.82) is 0 Å². The Morgan fingerprint density at radius 2 is 1.88 bits per heavy atom. The van der Waals surface area contributed by atoms with Crippen molar-refractivity contribution < 1.29 is 19.5 Å². The van der Waals surface area contributed by atoms with Crippen molar-refractivity contribution in [2.24, 2.45) is 0 Å². The van der Waals surface area contributed by atoms with Crippen LogP contribution < -0.4 is 10.2 Å². The second-order valence-corrected chi connectivity index (χ2v) is 6.04. The number of rotatable bonds is 6. The third-order valence-corrected chi connectivity index (χ3v) is 4.11. The topological polar surface area (TPSA) is 99.6 Å². The second kappa shape index (κ2) is 8.42. The van der Waals surface area contributed by atoms with E-state index < -0.39 is 24.3 Å². The summed E-state index contributed by atoms with van der Waals surface area (Å²) in [5, 5.41) is 11.2. The van der Waals surface area contributed by atoms with Gasteiger partial charge in [0.25, 0.3) is 5.91 Å². The van der Waals surface area contributed by atoms with Gasteiger partial charge in [0.1, 0.15) is 5.82 Å². The lowest BCUT2D eigenvalue weighted by Gasteiger charge is -2.21. The molecular weight excluding hydrogens is 310 g/mol. The Kier molecular flexibility index (Phi) is 6.28. The van der Waals surface area contributed by atoms with E-state index in [0.717, 1.165) is 31.7 Å². The molecule has 1 aliphatic rings. The minimum atomic E-state index is -1.13. The van der Waals surface area contributed by atoms with Crippen LogP contribution in [0.2, 0.25) is 0 Å². The summed E-state index contributed by atoms with van der Waals surface area (Å²) in [6, 6.07) is 2.42. The maximum absolute atomic E-state index is 12.2. The number of hydrogen-bond donors (Lipinski definition) is 2. The number of ketones is 1. The quantitative estimate of drug-likeness (QED) is 0.821. The normalized spacial score (nSPS) is 16.1. The lowest BCUT2D eigenvalue weighted by molar-refractivity contribution is -0.139. The first kappa shape index (κ1) is 17.9. The summed E-state index contributed by atoms with van der Waals surface area (Å²) < 4.78 is 0. The van der Waals surface area contributed by atoms with E-state index >= 15 is 0 Å². The predicted octanol–water partition coefficient (Wildman–Crippen LogP) is 1.62. The van der Waals surface area contributed by atoms with Crippen molar-refractivity contribution in [1.82, 2.24) is 10.3 Å². The average Bonchev–Trinajstić information content (AvgIpc) is 2.83. The fourth-order valence-electron chi connectivity index (χ4n) is 2.72. The summed E-state index contributed by atoms with van der Waals surface area (Å²) >= 11 is 0. The highest BCUT2D eigenvalue weighted by molar-refractivity contribution is 5.98. The van der Waals surface area contributed by atoms with Gasteiger partial charge in [-0.05, 0) is 31.9 Å². The third kappa shape index (κ3) is 5.04. The molecule has 2 N–H and O–H groups in total. The van der Waals surface area contributed by atoms with E-state index in [-0.39, 0.29) is 5.78 Å². The van der Waals surface area contributed by atoms with E-state index in [1.807, 2.05) is 0 Å². The number of pyridine rings is 1. The van der Waals surface area contributed by atoms with Crippen molar-refractivity contribution in [3.05, 3.63) is 23.9 Å². The van der Waals surface area contributed by atoms with Crippen molar-refractivity contribution in [2.45, 2.75) is 45.1 Å². The number of aliphatic carboxylic acids is 1. The highest BCUT2D eigenvalue weighted by atomic mass is 16.4. The minimum Gasteiger partial charge on any atom is -0.481 e. The van der Waals surface area contributed by atoms with Crippen LogP contribution >= 0.6 is 0 Å². The van der Waals surface area contributed by atoms with Gasteiger partial charge in [-0.2, -0.15) is 0 Å². The van der Waals surface area contributed by atoms with E-state index in [4.69, 9.17) is 5.11 Å². The van der Waals surface area contributed by atoms with E-state index in [1.54, 1.807) is 12.1 Å². The van der Waals surface area contributed by atoms with Crippen LogP contribution in [0, 0.1) is 0 Å². The summed E-state index contributed by atoms with van der Waals surface area (Å²) in [6.45, 7) is 3.18. The van der Waals surface area contributed by atoms with Gasteiger partial charge in [-0.1, -0.05) is 12.8 Å². The van der Waals surface area contributed by atoms with Gasteiger partial charge in [0.15, 0.2) is 5.78 Å². The van der Waals surface area contributed by atoms with Gasteiger partial charge in [-0.15, -0.1) is 0 Å².